The molecule has 3 N–H and O–H groups in total. The Hall–Kier alpha value is -0.960. The van der Waals surface area contributed by atoms with Crippen LogP contribution in [0.4, 0.5) is 26.3 Å². The van der Waals surface area contributed by atoms with Crippen molar-refractivity contribution in [3.05, 3.63) is 27.7 Å². The topological polar surface area (TPSA) is 46.2 Å². The van der Waals surface area contributed by atoms with Crippen LogP contribution in [0, 0.1) is 0 Å². The van der Waals surface area contributed by atoms with E-state index in [2.05, 4.69) is 15.9 Å². The molecule has 0 aliphatic carbocycles. The lowest BCUT2D eigenvalue weighted by Crippen LogP contribution is -2.30. The molecule has 0 aliphatic heterocycles. The first kappa shape index (κ1) is 15.1. The lowest BCUT2D eigenvalue weighted by atomic mass is 9.99. The number of phenols is 1. The maximum atomic E-state index is 12.6. The molecule has 0 aliphatic rings. The van der Waals surface area contributed by atoms with Gasteiger partial charge in [-0.1, -0.05) is 0 Å². The van der Waals surface area contributed by atoms with E-state index >= 15 is 0 Å². The number of benzene rings is 1. The van der Waals surface area contributed by atoms with Gasteiger partial charge < -0.3 is 10.8 Å². The van der Waals surface area contributed by atoms with E-state index in [1.807, 2.05) is 0 Å². The fourth-order valence-corrected chi connectivity index (χ4v) is 1.65. The second kappa shape index (κ2) is 4.61. The largest absolute Gasteiger partial charge is 0.506 e. The molecule has 0 bridgehead atoms. The summed E-state index contributed by atoms with van der Waals surface area (Å²) in [6, 6.07) is -1.71. The van der Waals surface area contributed by atoms with Crippen molar-refractivity contribution in [2.24, 2.45) is 5.73 Å². The molecule has 18 heavy (non-hydrogen) atoms. The van der Waals surface area contributed by atoms with Crippen molar-refractivity contribution in [1.82, 2.24) is 0 Å². The molecule has 2 nitrogen and oxygen atoms in total. The standard InChI is InChI=1S/C9H6BrF6NO/c10-4-2-1-3(8(11,12)13)5(6(4)18)7(17)9(14,15)16/h1-2,7,18H,17H2/t7-/m1/s1. The van der Waals surface area contributed by atoms with Crippen molar-refractivity contribution < 1.29 is 31.4 Å². The van der Waals surface area contributed by atoms with Crippen molar-refractivity contribution >= 4 is 15.9 Å². The van der Waals surface area contributed by atoms with Crippen LogP contribution in [0.3, 0.4) is 0 Å². The van der Waals surface area contributed by atoms with Crippen LogP contribution in [0.5, 0.6) is 5.75 Å². The third-order valence-electron chi connectivity index (χ3n) is 2.14. The Bertz CT molecular complexity index is 456. The number of aromatic hydroxyl groups is 1. The van der Waals surface area contributed by atoms with Gasteiger partial charge in [-0.3, -0.25) is 0 Å². The van der Waals surface area contributed by atoms with Gasteiger partial charge >= 0.3 is 12.4 Å². The number of hydrogen-bond donors (Lipinski definition) is 2. The van der Waals surface area contributed by atoms with Crippen LogP contribution in [0.2, 0.25) is 0 Å². The van der Waals surface area contributed by atoms with Crippen LogP contribution in [0.15, 0.2) is 16.6 Å². The minimum absolute atomic E-state index is 0.301. The van der Waals surface area contributed by atoms with E-state index < -0.39 is 35.3 Å². The second-order valence-corrected chi connectivity index (χ2v) is 4.23. The molecule has 1 aromatic rings. The lowest BCUT2D eigenvalue weighted by molar-refractivity contribution is -0.156. The van der Waals surface area contributed by atoms with Gasteiger partial charge in [0.1, 0.15) is 11.8 Å². The van der Waals surface area contributed by atoms with Gasteiger partial charge in [-0.2, -0.15) is 26.3 Å². The molecule has 0 aromatic heterocycles. The van der Waals surface area contributed by atoms with Gasteiger partial charge in [-0.05, 0) is 28.1 Å². The Morgan fingerprint density at radius 3 is 2.00 bits per heavy atom. The van der Waals surface area contributed by atoms with Gasteiger partial charge in [-0.15, -0.1) is 0 Å². The molecule has 102 valence electrons. The van der Waals surface area contributed by atoms with Crippen molar-refractivity contribution in [2.45, 2.75) is 18.4 Å². The van der Waals surface area contributed by atoms with Gasteiger partial charge in [0.05, 0.1) is 10.0 Å². The van der Waals surface area contributed by atoms with E-state index in [1.54, 1.807) is 0 Å². The summed E-state index contributed by atoms with van der Waals surface area (Å²) in [7, 11) is 0. The Labute approximate surface area is 106 Å². The number of rotatable bonds is 1. The highest BCUT2D eigenvalue weighted by Gasteiger charge is 2.45. The Kier molecular flexibility index (Phi) is 3.87. The minimum atomic E-state index is -5.10. The monoisotopic (exact) mass is 337 g/mol. The molecule has 0 unspecified atom stereocenters. The molecule has 0 radical (unpaired) electrons. The fourth-order valence-electron chi connectivity index (χ4n) is 1.31. The normalized spacial score (nSPS) is 14.7. The number of halogens is 7. The smallest absolute Gasteiger partial charge is 0.416 e. The maximum Gasteiger partial charge on any atom is 0.416 e. The molecule has 1 atom stereocenters. The summed E-state index contributed by atoms with van der Waals surface area (Å²) in [5.41, 5.74) is 1.72. The molecule has 1 aromatic carbocycles. The molecule has 0 saturated carbocycles. The van der Waals surface area contributed by atoms with E-state index in [9.17, 15) is 31.4 Å². The molecule has 0 fully saturated rings. The molecular weight excluding hydrogens is 332 g/mol. The Morgan fingerprint density at radius 1 is 1.11 bits per heavy atom. The SMILES string of the molecule is N[C@H](c1c(C(F)(F)F)ccc(Br)c1O)C(F)(F)F. The average Bonchev–Trinajstić information content (AvgIpc) is 2.17. The zero-order valence-electron chi connectivity index (χ0n) is 8.40. The van der Waals surface area contributed by atoms with Gasteiger partial charge in [-0.25, -0.2) is 0 Å². The zero-order chi connectivity index (χ0) is 14.3. The number of nitrogens with two attached hydrogens (primary N) is 1. The fraction of sp³-hybridized carbons (Fsp3) is 0.333. The summed E-state index contributed by atoms with van der Waals surface area (Å²) in [5, 5.41) is 9.35. The highest BCUT2D eigenvalue weighted by molar-refractivity contribution is 9.10. The summed E-state index contributed by atoms with van der Waals surface area (Å²) < 4.78 is 74.6. The zero-order valence-corrected chi connectivity index (χ0v) is 9.99. The summed E-state index contributed by atoms with van der Waals surface area (Å²) in [6.45, 7) is 0. The summed E-state index contributed by atoms with van der Waals surface area (Å²) in [6.07, 6.45) is -10.1. The van der Waals surface area contributed by atoms with Crippen LogP contribution in [-0.2, 0) is 6.18 Å². The summed E-state index contributed by atoms with van der Waals surface area (Å²) in [5.74, 6) is -1.17. The van der Waals surface area contributed by atoms with E-state index in [1.165, 1.54) is 0 Å². The maximum absolute atomic E-state index is 12.6. The molecule has 0 spiro atoms. The van der Waals surface area contributed by atoms with Crippen LogP contribution in [0.1, 0.15) is 17.2 Å². The predicted octanol–water partition coefficient (Wildman–Crippen LogP) is 3.74. The molecule has 0 amide bonds. The third-order valence-corrected chi connectivity index (χ3v) is 2.78. The van der Waals surface area contributed by atoms with Gasteiger partial charge in [0.25, 0.3) is 0 Å². The van der Waals surface area contributed by atoms with Crippen LogP contribution < -0.4 is 5.73 Å². The summed E-state index contributed by atoms with van der Waals surface area (Å²) in [4.78, 5) is 0. The van der Waals surface area contributed by atoms with Crippen molar-refractivity contribution in [2.75, 3.05) is 0 Å². The third kappa shape index (κ3) is 2.89. The first-order valence-corrected chi connectivity index (χ1v) is 5.16. The van der Waals surface area contributed by atoms with Crippen LogP contribution in [-0.4, -0.2) is 11.3 Å². The minimum Gasteiger partial charge on any atom is -0.506 e. The predicted molar refractivity (Wildman–Crippen MR) is 53.8 cm³/mol. The molecule has 0 saturated heterocycles. The van der Waals surface area contributed by atoms with Crippen molar-refractivity contribution in [3.8, 4) is 5.75 Å². The van der Waals surface area contributed by atoms with Crippen LogP contribution in [0.25, 0.3) is 0 Å². The first-order chi connectivity index (χ1) is 7.96. The number of phenolic OH excluding ortho intramolecular Hbond substituents is 1. The van der Waals surface area contributed by atoms with Crippen molar-refractivity contribution in [1.29, 1.82) is 0 Å². The lowest BCUT2D eigenvalue weighted by Gasteiger charge is -2.22. The quantitative estimate of drug-likeness (QED) is 0.767. The molecule has 0 heterocycles. The Morgan fingerprint density at radius 2 is 1.61 bits per heavy atom. The second-order valence-electron chi connectivity index (χ2n) is 3.37. The molecule has 9 heteroatoms. The number of hydrogen-bond acceptors (Lipinski definition) is 2. The number of alkyl halides is 6. The van der Waals surface area contributed by atoms with Gasteiger partial charge in [0.2, 0.25) is 0 Å². The molecule has 1 rings (SSSR count). The van der Waals surface area contributed by atoms with Gasteiger partial charge in [0, 0.05) is 5.56 Å². The van der Waals surface area contributed by atoms with E-state index in [-0.39, 0.29) is 4.47 Å². The highest BCUT2D eigenvalue weighted by atomic mass is 79.9. The van der Waals surface area contributed by atoms with E-state index in [4.69, 9.17) is 5.73 Å². The molecular formula is C9H6BrF6NO. The van der Waals surface area contributed by atoms with Gasteiger partial charge in [0.15, 0.2) is 0 Å². The van der Waals surface area contributed by atoms with Crippen LogP contribution >= 0.6 is 15.9 Å². The first-order valence-electron chi connectivity index (χ1n) is 4.37. The van der Waals surface area contributed by atoms with Crippen molar-refractivity contribution in [3.63, 3.8) is 0 Å². The van der Waals surface area contributed by atoms with E-state index in [0.29, 0.717) is 6.07 Å². The summed E-state index contributed by atoms with van der Waals surface area (Å²) >= 11 is 2.64. The highest BCUT2D eigenvalue weighted by Crippen LogP contribution is 2.45. The average molecular weight is 338 g/mol. The van der Waals surface area contributed by atoms with E-state index in [0.717, 1.165) is 6.07 Å². The Balaban J connectivity index is 3.53.